The van der Waals surface area contributed by atoms with Crippen LogP contribution in [0.5, 0.6) is 0 Å². The Morgan fingerprint density at radius 3 is 2.86 bits per heavy atom. The van der Waals surface area contributed by atoms with E-state index < -0.39 is 5.97 Å². The summed E-state index contributed by atoms with van der Waals surface area (Å²) in [4.78, 5) is 27.7. The molecule has 0 saturated carbocycles. The number of hydrogen-bond donors (Lipinski definition) is 1. The predicted octanol–water partition coefficient (Wildman–Crippen LogP) is 2.93. The molecule has 0 atom stereocenters. The molecule has 2 heterocycles. The van der Waals surface area contributed by atoms with Crippen LogP contribution in [0.2, 0.25) is 0 Å². The molecule has 0 saturated heterocycles. The highest BCUT2D eigenvalue weighted by Gasteiger charge is 2.11. The van der Waals surface area contributed by atoms with Gasteiger partial charge >= 0.3 is 5.97 Å². The molecule has 3 rings (SSSR count). The van der Waals surface area contributed by atoms with E-state index >= 15 is 0 Å². The fraction of sp³-hybridized carbons (Fsp3) is 0.0625. The summed E-state index contributed by atoms with van der Waals surface area (Å²) in [5, 5.41) is 8.98. The van der Waals surface area contributed by atoms with Crippen LogP contribution in [0.1, 0.15) is 26.5 Å². The third-order valence-electron chi connectivity index (χ3n) is 3.09. The minimum absolute atomic E-state index is 0.0874. The number of aromatic carboxylic acids is 1. The maximum absolute atomic E-state index is 12.0. The second-order valence-corrected chi connectivity index (χ2v) is 5.83. The Labute approximate surface area is 129 Å². The number of nitrogens with zero attached hydrogens (tertiary/aromatic N) is 2. The molecule has 0 bridgehead atoms. The molecule has 0 amide bonds. The summed E-state index contributed by atoms with van der Waals surface area (Å²) in [6.07, 6.45) is 4.92. The van der Waals surface area contributed by atoms with E-state index in [1.807, 2.05) is 37.3 Å². The number of hydrogen-bond acceptors (Lipinski definition) is 4. The van der Waals surface area contributed by atoms with Gasteiger partial charge in [-0.1, -0.05) is 47.2 Å². The van der Waals surface area contributed by atoms with Gasteiger partial charge in [-0.25, -0.2) is 9.78 Å². The van der Waals surface area contributed by atoms with Crippen LogP contribution in [0.15, 0.2) is 41.3 Å². The average molecular weight is 312 g/mol. The summed E-state index contributed by atoms with van der Waals surface area (Å²) in [6, 6.07) is 9.34. The van der Waals surface area contributed by atoms with Crippen molar-refractivity contribution < 1.29 is 9.90 Å². The minimum atomic E-state index is -1.06. The number of carboxylic acid groups (broad SMARTS) is 1. The van der Waals surface area contributed by atoms with Crippen LogP contribution < -0.4 is 5.56 Å². The molecule has 2 aromatic heterocycles. The van der Waals surface area contributed by atoms with Crippen molar-refractivity contribution in [3.8, 4) is 0 Å². The van der Waals surface area contributed by atoms with Crippen molar-refractivity contribution in [2.24, 2.45) is 0 Å². The van der Waals surface area contributed by atoms with Crippen molar-refractivity contribution in [2.45, 2.75) is 6.92 Å². The molecule has 0 unspecified atom stereocenters. The summed E-state index contributed by atoms with van der Waals surface area (Å²) in [5.74, 6) is -1.06. The predicted molar refractivity (Wildman–Crippen MR) is 86.4 cm³/mol. The monoisotopic (exact) mass is 312 g/mol. The number of aryl methyl sites for hydroxylation is 1. The van der Waals surface area contributed by atoms with Crippen LogP contribution >= 0.6 is 11.3 Å². The lowest BCUT2D eigenvalue weighted by atomic mass is 10.1. The van der Waals surface area contributed by atoms with Gasteiger partial charge in [-0.05, 0) is 18.6 Å². The van der Waals surface area contributed by atoms with E-state index in [9.17, 15) is 9.59 Å². The van der Waals surface area contributed by atoms with Crippen LogP contribution in [-0.2, 0) is 0 Å². The first kappa shape index (κ1) is 14.2. The number of carboxylic acids is 1. The summed E-state index contributed by atoms with van der Waals surface area (Å²) >= 11 is 0.976. The zero-order valence-corrected chi connectivity index (χ0v) is 12.5. The largest absolute Gasteiger partial charge is 0.477 e. The highest BCUT2D eigenvalue weighted by Crippen LogP contribution is 2.15. The van der Waals surface area contributed by atoms with Crippen molar-refractivity contribution in [3.63, 3.8) is 0 Å². The molecule has 0 spiro atoms. The van der Waals surface area contributed by atoms with Gasteiger partial charge in [0.1, 0.15) is 4.88 Å². The smallest absolute Gasteiger partial charge is 0.347 e. The Hall–Kier alpha value is -2.73. The molecule has 6 heteroatoms. The number of benzene rings is 1. The van der Waals surface area contributed by atoms with E-state index in [4.69, 9.17) is 5.11 Å². The topological polar surface area (TPSA) is 71.7 Å². The van der Waals surface area contributed by atoms with E-state index in [2.05, 4.69) is 4.98 Å². The van der Waals surface area contributed by atoms with Crippen LogP contribution in [0.4, 0.5) is 0 Å². The first-order valence-electron chi connectivity index (χ1n) is 6.54. The fourth-order valence-corrected chi connectivity index (χ4v) is 2.89. The van der Waals surface area contributed by atoms with E-state index in [0.29, 0.717) is 10.7 Å². The van der Waals surface area contributed by atoms with Crippen molar-refractivity contribution in [1.29, 1.82) is 0 Å². The lowest BCUT2D eigenvalue weighted by Gasteiger charge is -1.97. The third-order valence-corrected chi connectivity index (χ3v) is 4.06. The van der Waals surface area contributed by atoms with Crippen LogP contribution in [0, 0.1) is 6.92 Å². The zero-order valence-electron chi connectivity index (χ0n) is 11.7. The van der Waals surface area contributed by atoms with E-state index in [0.717, 1.165) is 22.5 Å². The van der Waals surface area contributed by atoms with Crippen molar-refractivity contribution >= 4 is 34.4 Å². The molecule has 3 aromatic rings. The first-order chi connectivity index (χ1) is 10.5. The number of carbonyl (C=O) groups is 1. The first-order valence-corrected chi connectivity index (χ1v) is 7.36. The Balaban J connectivity index is 2.01. The second-order valence-electron chi connectivity index (χ2n) is 4.82. The van der Waals surface area contributed by atoms with Gasteiger partial charge in [0.15, 0.2) is 4.96 Å². The van der Waals surface area contributed by atoms with Crippen molar-refractivity contribution in [1.82, 2.24) is 9.38 Å². The molecular formula is C16H12N2O3S. The number of fused-ring (bicyclic) bond motifs is 1. The van der Waals surface area contributed by atoms with Gasteiger partial charge in [0, 0.05) is 12.3 Å². The van der Waals surface area contributed by atoms with Gasteiger partial charge in [-0.2, -0.15) is 0 Å². The molecule has 110 valence electrons. The van der Waals surface area contributed by atoms with Crippen LogP contribution in [0.25, 0.3) is 17.1 Å². The average Bonchev–Trinajstić information content (AvgIpc) is 2.90. The number of thiazole rings is 1. The maximum Gasteiger partial charge on any atom is 0.347 e. The summed E-state index contributed by atoms with van der Waals surface area (Å²) in [6.45, 7) is 2.01. The van der Waals surface area contributed by atoms with Gasteiger partial charge in [0.05, 0.1) is 5.69 Å². The van der Waals surface area contributed by atoms with Gasteiger partial charge in [-0.3, -0.25) is 9.20 Å². The van der Waals surface area contributed by atoms with E-state index in [1.165, 1.54) is 16.7 Å². The molecule has 0 fully saturated rings. The Morgan fingerprint density at radius 1 is 1.32 bits per heavy atom. The standard InChI is InChI=1S/C16H12N2O3S/c1-10-3-2-4-11(7-10)5-6-12-8-14(19)18-9-13(15(20)21)22-16(18)17-12/h2-9H,1H3,(H,20,21). The SMILES string of the molecule is Cc1cccc(C=Cc2cc(=O)n3cc(C(=O)O)sc3n2)c1. The molecule has 5 nitrogen and oxygen atoms in total. The lowest BCUT2D eigenvalue weighted by Crippen LogP contribution is -2.11. The minimum Gasteiger partial charge on any atom is -0.477 e. The third kappa shape index (κ3) is 2.82. The lowest BCUT2D eigenvalue weighted by molar-refractivity contribution is 0.0702. The van der Waals surface area contributed by atoms with Crippen molar-refractivity contribution in [2.75, 3.05) is 0 Å². The highest BCUT2D eigenvalue weighted by atomic mass is 32.1. The van der Waals surface area contributed by atoms with Gasteiger partial charge in [-0.15, -0.1) is 0 Å². The molecular weight excluding hydrogens is 300 g/mol. The van der Waals surface area contributed by atoms with Crippen LogP contribution in [-0.4, -0.2) is 20.5 Å². The van der Waals surface area contributed by atoms with Gasteiger partial charge < -0.3 is 5.11 Å². The molecule has 1 aromatic carbocycles. The Morgan fingerprint density at radius 2 is 2.14 bits per heavy atom. The summed E-state index contributed by atoms with van der Waals surface area (Å²) in [5.41, 5.74) is 2.37. The Kier molecular flexibility index (Phi) is 3.60. The van der Waals surface area contributed by atoms with E-state index in [-0.39, 0.29) is 10.4 Å². The van der Waals surface area contributed by atoms with Gasteiger partial charge in [0.25, 0.3) is 5.56 Å². The van der Waals surface area contributed by atoms with Gasteiger partial charge in [0.2, 0.25) is 0 Å². The highest BCUT2D eigenvalue weighted by molar-refractivity contribution is 7.18. The quantitative estimate of drug-likeness (QED) is 0.807. The van der Waals surface area contributed by atoms with E-state index in [1.54, 1.807) is 6.08 Å². The zero-order chi connectivity index (χ0) is 15.7. The molecule has 0 aliphatic rings. The Bertz CT molecular complexity index is 953. The molecule has 22 heavy (non-hydrogen) atoms. The van der Waals surface area contributed by atoms with Crippen molar-refractivity contribution in [3.05, 3.63) is 68.6 Å². The summed E-state index contributed by atoms with van der Waals surface area (Å²) < 4.78 is 1.25. The molecule has 0 aliphatic carbocycles. The number of aromatic nitrogens is 2. The maximum atomic E-state index is 12.0. The molecule has 0 radical (unpaired) electrons. The fourth-order valence-electron chi connectivity index (χ4n) is 2.06. The van der Waals surface area contributed by atoms with Crippen LogP contribution in [0.3, 0.4) is 0 Å². The molecule has 1 N–H and O–H groups in total. The summed E-state index contributed by atoms with van der Waals surface area (Å²) in [7, 11) is 0. The second kappa shape index (κ2) is 5.57. The molecule has 0 aliphatic heterocycles. The number of rotatable bonds is 3. The normalized spacial score (nSPS) is 11.3.